The molecule has 0 unspecified atom stereocenters. The van der Waals surface area contributed by atoms with Gasteiger partial charge in [-0.2, -0.15) is 0 Å². The second kappa shape index (κ2) is 11.2. The van der Waals surface area contributed by atoms with E-state index in [0.717, 1.165) is 58.0 Å². The summed E-state index contributed by atoms with van der Waals surface area (Å²) in [5, 5.41) is 6.15. The Hall–Kier alpha value is -1.04. The molecule has 0 aliphatic carbocycles. The van der Waals surface area contributed by atoms with Gasteiger partial charge in [-0.3, -0.25) is 4.90 Å². The average molecular weight is 427 g/mol. The standard InChI is InChI=1S/C22H30N2O2.2ClH/c1-2-26-20-8-7-17-5-3-4-6-19(17)21(20)22(18-9-15-25-16-10-18)24-13-11-23-12-14-24;;/h3-8,18,22-23H,2,9-16H2,1H3;2*1H/t22-;;/m0../s1. The smallest absolute Gasteiger partial charge is 0.124 e. The first-order chi connectivity index (χ1) is 12.9. The fraction of sp³-hybridized carbons (Fsp3) is 0.545. The van der Waals surface area contributed by atoms with Gasteiger partial charge in [-0.1, -0.05) is 30.3 Å². The topological polar surface area (TPSA) is 33.7 Å². The third kappa shape index (κ3) is 4.92. The van der Waals surface area contributed by atoms with E-state index in [4.69, 9.17) is 9.47 Å². The molecule has 0 aromatic heterocycles. The molecule has 2 aliphatic heterocycles. The van der Waals surface area contributed by atoms with Crippen molar-refractivity contribution in [2.45, 2.75) is 25.8 Å². The highest BCUT2D eigenvalue weighted by atomic mass is 35.5. The Labute approximate surface area is 180 Å². The maximum atomic E-state index is 6.13. The van der Waals surface area contributed by atoms with E-state index in [9.17, 15) is 0 Å². The normalized spacial score (nSPS) is 19.5. The highest BCUT2D eigenvalue weighted by Crippen LogP contribution is 2.43. The molecule has 2 saturated heterocycles. The molecule has 2 aromatic rings. The zero-order chi connectivity index (χ0) is 17.8. The van der Waals surface area contributed by atoms with E-state index in [1.54, 1.807) is 0 Å². The van der Waals surface area contributed by atoms with Gasteiger partial charge in [0.05, 0.1) is 6.61 Å². The molecule has 156 valence electrons. The first kappa shape index (κ1) is 23.2. The molecule has 2 aliphatic rings. The Balaban J connectivity index is 0.00000140. The number of nitrogens with one attached hydrogen (secondary N) is 1. The van der Waals surface area contributed by atoms with Crippen molar-refractivity contribution >= 4 is 35.6 Å². The van der Waals surface area contributed by atoms with E-state index in [2.05, 4.69) is 53.5 Å². The summed E-state index contributed by atoms with van der Waals surface area (Å²) in [7, 11) is 0. The molecule has 28 heavy (non-hydrogen) atoms. The van der Waals surface area contributed by atoms with E-state index in [1.807, 2.05) is 0 Å². The van der Waals surface area contributed by atoms with Crippen LogP contribution in [-0.4, -0.2) is 50.9 Å². The largest absolute Gasteiger partial charge is 0.494 e. The monoisotopic (exact) mass is 426 g/mol. The highest BCUT2D eigenvalue weighted by Gasteiger charge is 2.34. The van der Waals surface area contributed by atoms with E-state index in [1.165, 1.54) is 16.3 Å². The highest BCUT2D eigenvalue weighted by molar-refractivity contribution is 5.88. The van der Waals surface area contributed by atoms with E-state index < -0.39 is 0 Å². The third-order valence-corrected chi connectivity index (χ3v) is 5.78. The Morgan fingerprint density at radius 3 is 2.50 bits per heavy atom. The maximum absolute atomic E-state index is 6.13. The fourth-order valence-electron chi connectivity index (χ4n) is 4.57. The van der Waals surface area contributed by atoms with Crippen LogP contribution in [0, 0.1) is 5.92 Å². The zero-order valence-corrected chi connectivity index (χ0v) is 18.2. The quantitative estimate of drug-likeness (QED) is 0.764. The molecule has 2 aromatic carbocycles. The van der Waals surface area contributed by atoms with Crippen LogP contribution in [0.2, 0.25) is 0 Å². The van der Waals surface area contributed by atoms with Gasteiger partial charge in [-0.25, -0.2) is 0 Å². The van der Waals surface area contributed by atoms with Crippen molar-refractivity contribution in [3.05, 3.63) is 42.0 Å². The molecule has 0 saturated carbocycles. The lowest BCUT2D eigenvalue weighted by atomic mass is 9.83. The van der Waals surface area contributed by atoms with Crippen LogP contribution in [0.1, 0.15) is 31.4 Å². The number of hydrogen-bond donors (Lipinski definition) is 1. The van der Waals surface area contributed by atoms with Crippen LogP contribution < -0.4 is 10.1 Å². The Morgan fingerprint density at radius 1 is 1.07 bits per heavy atom. The van der Waals surface area contributed by atoms with Gasteiger partial charge in [0.25, 0.3) is 0 Å². The van der Waals surface area contributed by atoms with Crippen molar-refractivity contribution in [3.63, 3.8) is 0 Å². The van der Waals surface area contributed by atoms with Gasteiger partial charge in [-0.15, -0.1) is 24.8 Å². The summed E-state index contributed by atoms with van der Waals surface area (Å²) in [5.74, 6) is 1.67. The maximum Gasteiger partial charge on any atom is 0.124 e. The third-order valence-electron chi connectivity index (χ3n) is 5.78. The number of benzene rings is 2. The van der Waals surface area contributed by atoms with Crippen LogP contribution in [0.15, 0.2) is 36.4 Å². The van der Waals surface area contributed by atoms with Crippen LogP contribution in [0.25, 0.3) is 10.8 Å². The molecule has 1 N–H and O–H groups in total. The second-order valence-electron chi connectivity index (χ2n) is 7.31. The van der Waals surface area contributed by atoms with Gasteiger partial charge in [-0.05, 0) is 42.5 Å². The number of hydrogen-bond acceptors (Lipinski definition) is 4. The molecule has 0 bridgehead atoms. The molecule has 0 spiro atoms. The molecular weight excluding hydrogens is 395 g/mol. The van der Waals surface area contributed by atoms with E-state index >= 15 is 0 Å². The Bertz CT molecular complexity index is 714. The second-order valence-corrected chi connectivity index (χ2v) is 7.31. The molecule has 0 amide bonds. The number of halogens is 2. The minimum atomic E-state index is 0. The summed E-state index contributed by atoms with van der Waals surface area (Å²) in [6.07, 6.45) is 2.26. The number of fused-ring (bicyclic) bond motifs is 1. The molecule has 0 radical (unpaired) electrons. The van der Waals surface area contributed by atoms with Gasteiger partial charge >= 0.3 is 0 Å². The van der Waals surface area contributed by atoms with Crippen molar-refractivity contribution in [1.82, 2.24) is 10.2 Å². The number of nitrogens with zero attached hydrogens (tertiary/aromatic N) is 1. The van der Waals surface area contributed by atoms with Crippen molar-refractivity contribution in [3.8, 4) is 5.75 Å². The van der Waals surface area contributed by atoms with Gasteiger partial charge in [0, 0.05) is 51.0 Å². The lowest BCUT2D eigenvalue weighted by Gasteiger charge is -2.42. The molecule has 2 heterocycles. The summed E-state index contributed by atoms with van der Waals surface area (Å²) in [4.78, 5) is 2.68. The molecule has 6 heteroatoms. The summed E-state index contributed by atoms with van der Waals surface area (Å²) < 4.78 is 11.8. The van der Waals surface area contributed by atoms with Crippen LogP contribution in [0.5, 0.6) is 5.75 Å². The van der Waals surface area contributed by atoms with Crippen LogP contribution in [-0.2, 0) is 4.74 Å². The van der Waals surface area contributed by atoms with Crippen molar-refractivity contribution in [2.75, 3.05) is 46.0 Å². The molecular formula is C22H32Cl2N2O2. The lowest BCUT2D eigenvalue weighted by molar-refractivity contribution is 0.0209. The summed E-state index contributed by atoms with van der Waals surface area (Å²) >= 11 is 0. The van der Waals surface area contributed by atoms with Gasteiger partial charge in [0.15, 0.2) is 0 Å². The summed E-state index contributed by atoms with van der Waals surface area (Å²) in [6, 6.07) is 13.5. The number of piperazine rings is 1. The van der Waals surface area contributed by atoms with E-state index in [-0.39, 0.29) is 24.8 Å². The average Bonchev–Trinajstić information content (AvgIpc) is 2.71. The molecule has 4 nitrogen and oxygen atoms in total. The SMILES string of the molecule is CCOc1ccc2ccccc2c1[C@H](C1CCOCC1)N1CCNCC1.Cl.Cl. The predicted octanol–water partition coefficient (Wildman–Crippen LogP) is 4.46. The van der Waals surface area contributed by atoms with Crippen molar-refractivity contribution < 1.29 is 9.47 Å². The summed E-state index contributed by atoms with van der Waals surface area (Å²) in [6.45, 7) is 8.85. The molecule has 4 rings (SSSR count). The minimum absolute atomic E-state index is 0. The Kier molecular flexibility index (Phi) is 9.32. The Morgan fingerprint density at radius 2 is 1.79 bits per heavy atom. The number of ether oxygens (including phenoxy) is 2. The van der Waals surface area contributed by atoms with Crippen LogP contribution in [0.4, 0.5) is 0 Å². The minimum Gasteiger partial charge on any atom is -0.494 e. The summed E-state index contributed by atoms with van der Waals surface area (Å²) in [5.41, 5.74) is 1.39. The van der Waals surface area contributed by atoms with Crippen molar-refractivity contribution in [1.29, 1.82) is 0 Å². The van der Waals surface area contributed by atoms with Gasteiger partial charge in [0.1, 0.15) is 5.75 Å². The number of rotatable bonds is 5. The first-order valence-corrected chi connectivity index (χ1v) is 10.1. The molecule has 1 atom stereocenters. The lowest BCUT2D eigenvalue weighted by Crippen LogP contribution is -2.47. The van der Waals surface area contributed by atoms with Gasteiger partial charge < -0.3 is 14.8 Å². The van der Waals surface area contributed by atoms with Gasteiger partial charge in [0.2, 0.25) is 0 Å². The van der Waals surface area contributed by atoms with Crippen LogP contribution >= 0.6 is 24.8 Å². The van der Waals surface area contributed by atoms with E-state index in [0.29, 0.717) is 18.6 Å². The van der Waals surface area contributed by atoms with Crippen molar-refractivity contribution in [2.24, 2.45) is 5.92 Å². The first-order valence-electron chi connectivity index (χ1n) is 10.1. The fourth-order valence-corrected chi connectivity index (χ4v) is 4.57. The molecule has 2 fully saturated rings. The predicted molar refractivity (Wildman–Crippen MR) is 120 cm³/mol. The zero-order valence-electron chi connectivity index (χ0n) is 16.6. The van der Waals surface area contributed by atoms with Crippen LogP contribution in [0.3, 0.4) is 0 Å².